The van der Waals surface area contributed by atoms with Crippen LogP contribution in [0.1, 0.15) is 71.9 Å². The Balaban J connectivity index is 2.18. The van der Waals surface area contributed by atoms with E-state index in [0.29, 0.717) is 12.8 Å². The third-order valence-electron chi connectivity index (χ3n) is 5.10. The van der Waals surface area contributed by atoms with Gasteiger partial charge in [-0.25, -0.2) is 18.4 Å². The first-order chi connectivity index (χ1) is 19.5. The van der Waals surface area contributed by atoms with Crippen LogP contribution in [0.3, 0.4) is 0 Å². The normalized spacial score (nSPS) is 12.0. The summed E-state index contributed by atoms with van der Waals surface area (Å²) in [5, 5.41) is 7.73. The predicted molar refractivity (Wildman–Crippen MR) is 146 cm³/mol. The van der Waals surface area contributed by atoms with Gasteiger partial charge in [0.2, 0.25) is 5.91 Å². The lowest BCUT2D eigenvalue weighted by Crippen LogP contribution is -2.46. The van der Waals surface area contributed by atoms with Crippen LogP contribution in [0.25, 0.3) is 0 Å². The molecule has 9 nitrogen and oxygen atoms in total. The topological polar surface area (TPSA) is 119 Å². The Morgan fingerprint density at radius 3 is 2.02 bits per heavy atom. The summed E-state index contributed by atoms with van der Waals surface area (Å²) in [5.74, 6) is -3.43. The zero-order chi connectivity index (χ0) is 31.7. The molecule has 1 aromatic heterocycles. The number of para-hydroxylation sites is 1. The second-order valence-corrected chi connectivity index (χ2v) is 11.1. The minimum Gasteiger partial charge on any atom is -0.444 e. The average Bonchev–Trinajstić information content (AvgIpc) is 2.85. The molecule has 0 fully saturated rings. The van der Waals surface area contributed by atoms with Gasteiger partial charge in [0.25, 0.3) is 11.9 Å². The Bertz CT molecular complexity index is 1330. The van der Waals surface area contributed by atoms with Crippen LogP contribution in [0.2, 0.25) is 0 Å². The van der Waals surface area contributed by atoms with Gasteiger partial charge in [-0.3, -0.25) is 4.79 Å². The molecule has 0 aliphatic heterocycles. The van der Waals surface area contributed by atoms with Crippen molar-refractivity contribution in [2.24, 2.45) is 0 Å². The number of halogens is 4. The molecule has 0 unspecified atom stereocenters. The van der Waals surface area contributed by atoms with Crippen molar-refractivity contribution >= 4 is 23.8 Å². The lowest BCUT2D eigenvalue weighted by atomic mass is 10.1. The smallest absolute Gasteiger partial charge is 0.408 e. The average molecular weight is 595 g/mol. The second kappa shape index (κ2) is 14.5. The summed E-state index contributed by atoms with van der Waals surface area (Å²) < 4.78 is 65.3. The number of hydrogen-bond donors (Lipinski definition) is 3. The van der Waals surface area contributed by atoms with Crippen LogP contribution < -0.4 is 16.0 Å². The Labute approximate surface area is 241 Å². The molecule has 3 amide bonds. The van der Waals surface area contributed by atoms with Crippen molar-refractivity contribution in [3.63, 3.8) is 0 Å². The van der Waals surface area contributed by atoms with Crippen molar-refractivity contribution in [3.05, 3.63) is 58.9 Å². The third kappa shape index (κ3) is 11.3. The SMILES string of the molecule is CC(C)(C)OC(=O)NCCCC[C@H](NC(=O)OC(C)(C)C)C(=O)Nc1ccccc1C#Cc1c(F)c(F)nc(F)c1F. The van der Waals surface area contributed by atoms with Gasteiger partial charge in [-0.1, -0.05) is 24.0 Å². The largest absolute Gasteiger partial charge is 0.444 e. The van der Waals surface area contributed by atoms with Crippen LogP contribution in [-0.4, -0.2) is 46.9 Å². The summed E-state index contributed by atoms with van der Waals surface area (Å²) in [5.41, 5.74) is -2.47. The monoisotopic (exact) mass is 594 g/mol. The third-order valence-corrected chi connectivity index (χ3v) is 5.10. The summed E-state index contributed by atoms with van der Waals surface area (Å²) >= 11 is 0. The second-order valence-electron chi connectivity index (χ2n) is 11.1. The molecule has 0 aliphatic rings. The standard InChI is InChI=1S/C29H34F4N4O5/c1-28(2,3)41-26(39)34-16-10-9-13-20(36-27(40)42-29(4,5)6)25(38)35-19-12-8-7-11-17(19)14-15-18-21(30)23(32)37-24(33)22(18)31/h7-8,11-12,20H,9-10,13,16H2,1-6H3,(H,34,39)(H,35,38)(H,36,40)/t20-/m0/s1. The van der Waals surface area contributed by atoms with Crippen LogP contribution in [-0.2, 0) is 14.3 Å². The van der Waals surface area contributed by atoms with Crippen LogP contribution in [0.5, 0.6) is 0 Å². The first-order valence-electron chi connectivity index (χ1n) is 13.0. The maximum Gasteiger partial charge on any atom is 0.408 e. The van der Waals surface area contributed by atoms with E-state index >= 15 is 0 Å². The van der Waals surface area contributed by atoms with Crippen molar-refractivity contribution in [3.8, 4) is 11.8 Å². The highest BCUT2D eigenvalue weighted by Gasteiger charge is 2.25. The van der Waals surface area contributed by atoms with E-state index in [0.717, 1.165) is 0 Å². The number of aromatic nitrogens is 1. The van der Waals surface area contributed by atoms with Crippen molar-refractivity contribution in [2.45, 2.75) is 78.0 Å². The number of carbonyl (C=O) groups is 3. The molecule has 0 saturated heterocycles. The minimum atomic E-state index is -1.85. The molecule has 0 radical (unpaired) electrons. The zero-order valence-corrected chi connectivity index (χ0v) is 24.2. The molecule has 0 saturated carbocycles. The number of alkyl carbamates (subject to hydrolysis) is 2. The minimum absolute atomic E-state index is 0.0693. The fourth-order valence-corrected chi connectivity index (χ4v) is 3.34. The van der Waals surface area contributed by atoms with Gasteiger partial charge >= 0.3 is 12.2 Å². The molecule has 0 bridgehead atoms. The number of carbonyl (C=O) groups excluding carboxylic acids is 3. The van der Waals surface area contributed by atoms with Gasteiger partial charge in [0.15, 0.2) is 11.6 Å². The van der Waals surface area contributed by atoms with Gasteiger partial charge in [0.1, 0.15) is 22.8 Å². The van der Waals surface area contributed by atoms with Crippen LogP contribution in [0, 0.1) is 35.4 Å². The van der Waals surface area contributed by atoms with Gasteiger partial charge in [-0.2, -0.15) is 13.8 Å². The lowest BCUT2D eigenvalue weighted by molar-refractivity contribution is -0.118. The number of nitrogens with one attached hydrogen (secondary N) is 3. The van der Waals surface area contributed by atoms with Gasteiger partial charge < -0.3 is 25.4 Å². The van der Waals surface area contributed by atoms with Crippen molar-refractivity contribution in [1.82, 2.24) is 15.6 Å². The summed E-state index contributed by atoms with van der Waals surface area (Å²) in [6, 6.07) is 4.84. The van der Waals surface area contributed by atoms with E-state index in [2.05, 4.69) is 26.9 Å². The van der Waals surface area contributed by atoms with E-state index in [-0.39, 0.29) is 24.2 Å². The van der Waals surface area contributed by atoms with E-state index in [1.807, 2.05) is 5.92 Å². The maximum absolute atomic E-state index is 14.0. The highest BCUT2D eigenvalue weighted by molar-refractivity contribution is 5.97. The zero-order valence-electron chi connectivity index (χ0n) is 24.2. The maximum atomic E-state index is 14.0. The Hall–Kier alpha value is -4.34. The number of benzene rings is 1. The lowest BCUT2D eigenvalue weighted by Gasteiger charge is -2.23. The Morgan fingerprint density at radius 1 is 0.857 bits per heavy atom. The summed E-state index contributed by atoms with van der Waals surface area (Å²) in [7, 11) is 0. The highest BCUT2D eigenvalue weighted by atomic mass is 19.2. The molecule has 1 heterocycles. The van der Waals surface area contributed by atoms with Crippen molar-refractivity contribution < 1.29 is 41.4 Å². The molecule has 3 N–H and O–H groups in total. The molecule has 1 aromatic carbocycles. The fraction of sp³-hybridized carbons (Fsp3) is 0.448. The summed E-state index contributed by atoms with van der Waals surface area (Å²) in [6.07, 6.45) is -0.408. The van der Waals surface area contributed by atoms with E-state index in [4.69, 9.17) is 9.47 Å². The first-order valence-corrected chi connectivity index (χ1v) is 13.0. The van der Waals surface area contributed by atoms with Crippen molar-refractivity contribution in [1.29, 1.82) is 0 Å². The fourth-order valence-electron chi connectivity index (χ4n) is 3.34. The molecule has 42 heavy (non-hydrogen) atoms. The number of rotatable bonds is 8. The Morgan fingerprint density at radius 2 is 1.43 bits per heavy atom. The van der Waals surface area contributed by atoms with Crippen molar-refractivity contribution in [2.75, 3.05) is 11.9 Å². The van der Waals surface area contributed by atoms with E-state index in [1.165, 1.54) is 18.2 Å². The first kappa shape index (κ1) is 33.9. The number of amides is 3. The molecular formula is C29H34F4N4O5. The number of anilines is 1. The van der Waals surface area contributed by atoms with E-state index in [9.17, 15) is 31.9 Å². The molecule has 0 spiro atoms. The van der Waals surface area contributed by atoms with E-state index < -0.39 is 64.4 Å². The number of hydrogen-bond acceptors (Lipinski definition) is 6. The predicted octanol–water partition coefficient (Wildman–Crippen LogP) is 5.56. The van der Waals surface area contributed by atoms with Gasteiger partial charge in [-0.15, -0.1) is 0 Å². The molecule has 2 rings (SSSR count). The van der Waals surface area contributed by atoms with Gasteiger partial charge in [0.05, 0.1) is 5.69 Å². The molecule has 228 valence electrons. The number of nitrogens with zero attached hydrogens (tertiary/aromatic N) is 1. The molecular weight excluding hydrogens is 560 g/mol. The van der Waals surface area contributed by atoms with Crippen LogP contribution in [0.4, 0.5) is 32.8 Å². The number of ether oxygens (including phenoxy) is 2. The van der Waals surface area contributed by atoms with Gasteiger partial charge in [0, 0.05) is 12.1 Å². The molecule has 13 heteroatoms. The molecule has 0 aliphatic carbocycles. The quantitative estimate of drug-likeness (QED) is 0.159. The summed E-state index contributed by atoms with van der Waals surface area (Å²) in [6.45, 7) is 10.4. The van der Waals surface area contributed by atoms with Crippen LogP contribution >= 0.6 is 0 Å². The van der Waals surface area contributed by atoms with E-state index in [1.54, 1.807) is 47.6 Å². The van der Waals surface area contributed by atoms with Gasteiger partial charge in [-0.05, 0) is 72.9 Å². The molecule has 2 aromatic rings. The Kier molecular flexibility index (Phi) is 11.7. The number of pyridine rings is 1. The molecule has 1 atom stereocenters. The highest BCUT2D eigenvalue weighted by Crippen LogP contribution is 2.19. The number of unbranched alkanes of at least 4 members (excludes halogenated alkanes) is 1. The van der Waals surface area contributed by atoms with Crippen LogP contribution in [0.15, 0.2) is 24.3 Å². The summed E-state index contributed by atoms with van der Waals surface area (Å²) in [4.78, 5) is 40.0.